The van der Waals surface area contributed by atoms with Crippen LogP contribution in [0, 0.1) is 0 Å². The normalized spacial score (nSPS) is 20.0. The quantitative estimate of drug-likeness (QED) is 0.423. The lowest BCUT2D eigenvalue weighted by molar-refractivity contribution is -0.138. The lowest BCUT2D eigenvalue weighted by atomic mass is 9.75. The van der Waals surface area contributed by atoms with Crippen molar-refractivity contribution >= 4 is 25.0 Å². The molecule has 11 heteroatoms. The highest BCUT2D eigenvalue weighted by Crippen LogP contribution is 2.38. The van der Waals surface area contributed by atoms with Gasteiger partial charge in [0.1, 0.15) is 11.6 Å². The third-order valence-electron chi connectivity index (χ3n) is 7.50. The Morgan fingerprint density at radius 1 is 1.00 bits per heavy atom. The van der Waals surface area contributed by atoms with E-state index in [0.29, 0.717) is 32.7 Å². The molecule has 2 aliphatic heterocycles. The van der Waals surface area contributed by atoms with Crippen molar-refractivity contribution in [1.82, 2.24) is 15.5 Å². The number of ether oxygens (including phenoxy) is 2. The summed E-state index contributed by atoms with van der Waals surface area (Å²) in [6.45, 7) is 14.8. The Bertz CT molecular complexity index is 991. The Hall–Kier alpha value is -2.63. The minimum absolute atomic E-state index is 0.203. The maximum absolute atomic E-state index is 13.7. The molecule has 1 aromatic carbocycles. The SMILES string of the molecule is CC(C)(C)OC(=O)N[C@@H](CC(=O)N1CCOCC1)C(=O)N[C@H](CCCc1ccccc1)B1OC(C)(C)C(C)(C)O1. The maximum atomic E-state index is 13.7. The molecule has 40 heavy (non-hydrogen) atoms. The Balaban J connectivity index is 1.76. The van der Waals surface area contributed by atoms with Gasteiger partial charge in [-0.15, -0.1) is 0 Å². The number of aryl methyl sites for hydroxylation is 1. The molecule has 0 spiro atoms. The highest BCUT2D eigenvalue weighted by Gasteiger charge is 2.54. The summed E-state index contributed by atoms with van der Waals surface area (Å²) < 4.78 is 23.3. The second kappa shape index (κ2) is 13.4. The summed E-state index contributed by atoms with van der Waals surface area (Å²) >= 11 is 0. The Kier molecular flexibility index (Phi) is 10.7. The minimum Gasteiger partial charge on any atom is -0.444 e. The van der Waals surface area contributed by atoms with E-state index in [9.17, 15) is 14.4 Å². The van der Waals surface area contributed by atoms with E-state index in [1.54, 1.807) is 25.7 Å². The highest BCUT2D eigenvalue weighted by atomic mass is 16.7. The lowest BCUT2D eigenvalue weighted by Crippen LogP contribution is -2.56. The monoisotopic (exact) mass is 559 g/mol. The van der Waals surface area contributed by atoms with Gasteiger partial charge in [-0.2, -0.15) is 0 Å². The second-order valence-electron chi connectivity index (χ2n) is 12.5. The van der Waals surface area contributed by atoms with Crippen molar-refractivity contribution in [3.05, 3.63) is 35.9 Å². The smallest absolute Gasteiger partial charge is 0.444 e. The van der Waals surface area contributed by atoms with Gasteiger partial charge in [0.15, 0.2) is 0 Å². The van der Waals surface area contributed by atoms with Gasteiger partial charge >= 0.3 is 13.2 Å². The van der Waals surface area contributed by atoms with Gasteiger partial charge in [0.2, 0.25) is 11.8 Å². The van der Waals surface area contributed by atoms with Crippen molar-refractivity contribution in [1.29, 1.82) is 0 Å². The van der Waals surface area contributed by atoms with Gasteiger partial charge in [0.05, 0.1) is 36.8 Å². The number of alkyl carbamates (subject to hydrolysis) is 1. The Morgan fingerprint density at radius 3 is 2.17 bits per heavy atom. The molecule has 0 bridgehead atoms. The van der Waals surface area contributed by atoms with E-state index < -0.39 is 47.9 Å². The summed E-state index contributed by atoms with van der Waals surface area (Å²) in [6.07, 6.45) is 1.20. The molecule has 2 saturated heterocycles. The fraction of sp³-hybridized carbons (Fsp3) is 0.690. The summed E-state index contributed by atoms with van der Waals surface area (Å²) in [7, 11) is -0.693. The average molecular weight is 560 g/mol. The topological polar surface area (TPSA) is 115 Å². The Labute approximate surface area is 239 Å². The molecule has 2 atom stereocenters. The molecule has 0 aliphatic carbocycles. The van der Waals surface area contributed by atoms with Gasteiger partial charge in [-0.1, -0.05) is 30.3 Å². The molecular formula is C29H46BN3O7. The van der Waals surface area contributed by atoms with Crippen molar-refractivity contribution in [2.45, 2.75) is 103 Å². The van der Waals surface area contributed by atoms with E-state index in [0.717, 1.165) is 12.8 Å². The first kappa shape index (κ1) is 31.9. The van der Waals surface area contributed by atoms with Crippen molar-refractivity contribution in [2.24, 2.45) is 0 Å². The van der Waals surface area contributed by atoms with Crippen molar-refractivity contribution < 1.29 is 33.2 Å². The zero-order valence-electron chi connectivity index (χ0n) is 25.1. The highest BCUT2D eigenvalue weighted by molar-refractivity contribution is 6.48. The van der Waals surface area contributed by atoms with Crippen molar-refractivity contribution in [3.8, 4) is 0 Å². The number of rotatable bonds is 10. The zero-order valence-corrected chi connectivity index (χ0v) is 25.1. The standard InChI is InChI=1S/C29H46BN3O7/c1-27(2,3)38-26(36)31-22(20-24(34)33-16-18-37-19-17-33)25(35)32-23(15-11-14-21-12-9-8-10-13-21)30-39-28(4,5)29(6,7)40-30/h8-10,12-13,22-23H,11,14-20H2,1-7H3,(H,31,36)(H,32,35)/t22-,23+/m0/s1. The molecular weight excluding hydrogens is 513 g/mol. The number of hydrogen-bond donors (Lipinski definition) is 2. The van der Waals surface area contributed by atoms with Gasteiger partial charge in [0, 0.05) is 13.1 Å². The fourth-order valence-electron chi connectivity index (χ4n) is 4.56. The number of carbonyl (C=O) groups is 3. The molecule has 0 aromatic heterocycles. The van der Waals surface area contributed by atoms with Crippen LogP contribution in [0.2, 0.25) is 0 Å². The van der Waals surface area contributed by atoms with Crippen LogP contribution < -0.4 is 10.6 Å². The lowest BCUT2D eigenvalue weighted by Gasteiger charge is -2.32. The molecule has 222 valence electrons. The van der Waals surface area contributed by atoms with Gasteiger partial charge < -0.3 is 34.3 Å². The first-order valence-electron chi connectivity index (χ1n) is 14.2. The van der Waals surface area contributed by atoms with Crippen molar-refractivity contribution in [2.75, 3.05) is 26.3 Å². The summed E-state index contributed by atoms with van der Waals surface area (Å²) in [5.74, 6) is -1.23. The van der Waals surface area contributed by atoms with Crippen molar-refractivity contribution in [3.63, 3.8) is 0 Å². The van der Waals surface area contributed by atoms with Crippen LogP contribution in [0.4, 0.5) is 4.79 Å². The van der Waals surface area contributed by atoms with Gasteiger partial charge in [-0.05, 0) is 73.3 Å². The van der Waals surface area contributed by atoms with Crippen LogP contribution in [0.5, 0.6) is 0 Å². The number of nitrogens with zero attached hydrogens (tertiary/aromatic N) is 1. The molecule has 1 aromatic rings. The van der Waals surface area contributed by atoms with Gasteiger partial charge in [0.25, 0.3) is 0 Å². The van der Waals surface area contributed by atoms with E-state index in [-0.39, 0.29) is 12.3 Å². The molecule has 0 radical (unpaired) electrons. The fourth-order valence-corrected chi connectivity index (χ4v) is 4.56. The third kappa shape index (κ3) is 9.21. The van der Waals surface area contributed by atoms with Crippen LogP contribution in [0.15, 0.2) is 30.3 Å². The number of amides is 3. The number of morpholine rings is 1. The number of benzene rings is 1. The van der Waals surface area contributed by atoms with Crippen LogP contribution in [-0.2, 0) is 34.8 Å². The predicted octanol–water partition coefficient (Wildman–Crippen LogP) is 3.27. The molecule has 0 saturated carbocycles. The van der Waals surface area contributed by atoms with E-state index in [1.807, 2.05) is 45.9 Å². The summed E-state index contributed by atoms with van der Waals surface area (Å²) in [4.78, 5) is 41.1. The summed E-state index contributed by atoms with van der Waals surface area (Å²) in [5, 5.41) is 5.66. The molecule has 2 N–H and O–H groups in total. The van der Waals surface area contributed by atoms with Crippen LogP contribution in [0.3, 0.4) is 0 Å². The molecule has 3 rings (SSSR count). The molecule has 10 nitrogen and oxygen atoms in total. The zero-order chi connectivity index (χ0) is 29.6. The molecule has 2 aliphatic rings. The largest absolute Gasteiger partial charge is 0.481 e. The minimum atomic E-state index is -1.13. The first-order chi connectivity index (χ1) is 18.7. The second-order valence-corrected chi connectivity index (χ2v) is 12.5. The van der Waals surface area contributed by atoms with E-state index in [2.05, 4.69) is 22.8 Å². The number of hydrogen-bond acceptors (Lipinski definition) is 7. The summed E-state index contributed by atoms with van der Waals surface area (Å²) in [6, 6.07) is 8.99. The van der Waals surface area contributed by atoms with Gasteiger partial charge in [-0.3, -0.25) is 9.59 Å². The van der Waals surface area contributed by atoms with Crippen LogP contribution in [0.1, 0.15) is 73.3 Å². The van der Waals surface area contributed by atoms with Crippen LogP contribution >= 0.6 is 0 Å². The maximum Gasteiger partial charge on any atom is 0.481 e. The predicted molar refractivity (Wildman–Crippen MR) is 153 cm³/mol. The third-order valence-corrected chi connectivity index (χ3v) is 7.50. The number of carbonyl (C=O) groups excluding carboxylic acids is 3. The van der Waals surface area contributed by atoms with Crippen LogP contribution in [-0.4, -0.2) is 85.0 Å². The van der Waals surface area contributed by atoms with Gasteiger partial charge in [-0.25, -0.2) is 4.79 Å². The van der Waals surface area contributed by atoms with E-state index in [4.69, 9.17) is 18.8 Å². The molecule has 0 unspecified atom stereocenters. The Morgan fingerprint density at radius 2 is 1.60 bits per heavy atom. The molecule has 2 fully saturated rings. The van der Waals surface area contributed by atoms with E-state index >= 15 is 0 Å². The van der Waals surface area contributed by atoms with E-state index in [1.165, 1.54) is 5.56 Å². The average Bonchev–Trinajstić information content (AvgIpc) is 3.09. The summed E-state index contributed by atoms with van der Waals surface area (Å²) in [5.41, 5.74) is -0.731. The molecule has 2 heterocycles. The molecule has 3 amide bonds. The van der Waals surface area contributed by atoms with Crippen LogP contribution in [0.25, 0.3) is 0 Å². The first-order valence-corrected chi connectivity index (χ1v) is 14.2. The number of nitrogens with one attached hydrogen (secondary N) is 2.